The van der Waals surface area contributed by atoms with E-state index in [1.807, 2.05) is 20.8 Å². The van der Waals surface area contributed by atoms with E-state index < -0.39 is 173 Å². The molecule has 0 bridgehead atoms. The van der Waals surface area contributed by atoms with Gasteiger partial charge >= 0.3 is 40.9 Å². The number of hydrogen-bond acceptors (Lipinski definition) is 15. The summed E-state index contributed by atoms with van der Waals surface area (Å²) in [5.74, 6) is -9.73. The number of likely N-dealkylation sites (N-methyl/N-ethyl adjacent to an activating group) is 4. The average molecular weight is 1270 g/mol. The number of carboxylic acid groups (broad SMARTS) is 1. The zero-order valence-corrected chi connectivity index (χ0v) is 52.4. The summed E-state index contributed by atoms with van der Waals surface area (Å²) in [6.45, 7) is 17.3. The minimum atomic E-state index is -4.67. The van der Waals surface area contributed by atoms with Crippen molar-refractivity contribution in [3.63, 3.8) is 0 Å². The molecular weight excluding hydrogens is 1190 g/mol. The number of carboxylic acids is 1. The van der Waals surface area contributed by atoms with Gasteiger partial charge in [0.05, 0.1) is 0 Å². The average Bonchev–Trinajstić information content (AvgIpc) is 3.54. The summed E-state index contributed by atoms with van der Waals surface area (Å²) in [6.07, 6.45) is -9.86. The van der Waals surface area contributed by atoms with Gasteiger partial charge in [-0.3, -0.25) is 19.2 Å². The summed E-state index contributed by atoms with van der Waals surface area (Å²) in [5, 5.41) is 12.8. The molecule has 0 saturated heterocycles. The van der Waals surface area contributed by atoms with Crippen molar-refractivity contribution in [2.75, 3.05) is 28.2 Å². The Hall–Kier alpha value is -5.41. The minimum Gasteiger partial charge on any atom is -0.478 e. The monoisotopic (exact) mass is 1270 g/mol. The molecule has 0 aromatic heterocycles. The highest BCUT2D eigenvalue weighted by Crippen LogP contribution is 2.38. The molecule has 2 aromatic rings. The van der Waals surface area contributed by atoms with Gasteiger partial charge in [-0.2, -0.15) is 26.3 Å². The topological polar surface area (TPSA) is 215 Å². The van der Waals surface area contributed by atoms with E-state index in [-0.39, 0.29) is 45.2 Å². The van der Waals surface area contributed by atoms with Crippen LogP contribution < -0.4 is 5.32 Å². The maximum Gasteiger partial charge on any atom is 0.446 e. The van der Waals surface area contributed by atoms with Crippen molar-refractivity contribution in [3.05, 3.63) is 59.7 Å². The standard InChI is InChI=1S/C56H78F8N4O13S2.ClH/c1-31(78-47(74)37(65-13)27-51(3,4)5)43(69)66(14)39(29-53(9,10)57)49(76)80-41(25-33-17-21-35(22-18-33)82-55(59,60)61)45(71)68(16)38(28-52(6,7)8)48(75)79-32(2)44(70)67(15)40(30-54(11,12)58)50(77)81-42(46(72)73)26-34-19-23-36(24-20-34)83-56(62,63)64;/h17-24,31-32,37-42,65H,25-30H2,1-16H3,(H,72,73);1H. The van der Waals surface area contributed by atoms with Crippen LogP contribution in [0.25, 0.3) is 0 Å². The molecule has 2 aromatic carbocycles. The van der Waals surface area contributed by atoms with Crippen LogP contribution >= 0.6 is 35.9 Å². The summed E-state index contributed by atoms with van der Waals surface area (Å²) in [5.41, 5.74) is -14.6. The zero-order valence-electron chi connectivity index (χ0n) is 49.9. The first-order valence-corrected chi connectivity index (χ1v) is 27.8. The van der Waals surface area contributed by atoms with Gasteiger partial charge < -0.3 is 44.1 Å². The maximum atomic E-state index is 15.6. The third-order valence-electron chi connectivity index (χ3n) is 12.4. The Kier molecular flexibility index (Phi) is 28.5. The molecule has 0 aliphatic heterocycles. The Morgan fingerprint density at radius 2 is 0.798 bits per heavy atom. The molecule has 17 nitrogen and oxygen atoms in total. The predicted octanol–water partition coefficient (Wildman–Crippen LogP) is 10.1. The van der Waals surface area contributed by atoms with Crippen molar-refractivity contribution in [1.29, 1.82) is 0 Å². The van der Waals surface area contributed by atoms with Crippen molar-refractivity contribution in [1.82, 2.24) is 20.0 Å². The van der Waals surface area contributed by atoms with E-state index in [2.05, 4.69) is 5.32 Å². The number of hydrogen-bond donors (Lipinski definition) is 2. The normalized spacial score (nSPS) is 15.3. The van der Waals surface area contributed by atoms with Gasteiger partial charge in [0.25, 0.3) is 17.7 Å². The van der Waals surface area contributed by atoms with E-state index in [1.54, 1.807) is 20.8 Å². The minimum absolute atomic E-state index is 0. The number of nitrogens with one attached hydrogen (secondary N) is 1. The molecule has 0 heterocycles. The van der Waals surface area contributed by atoms with Crippen molar-refractivity contribution in [2.45, 2.75) is 202 Å². The summed E-state index contributed by atoms with van der Waals surface area (Å²) in [4.78, 5) is 113. The highest BCUT2D eigenvalue weighted by Gasteiger charge is 2.44. The van der Waals surface area contributed by atoms with Crippen LogP contribution in [0.5, 0.6) is 0 Å². The molecule has 2 N–H and O–H groups in total. The number of alkyl halides is 8. The number of nitrogens with zero attached hydrogens (tertiary/aromatic N) is 3. The van der Waals surface area contributed by atoms with Gasteiger partial charge in [-0.1, -0.05) is 65.8 Å². The van der Waals surface area contributed by atoms with Crippen LogP contribution in [-0.2, 0) is 70.1 Å². The lowest BCUT2D eigenvalue weighted by Gasteiger charge is -2.36. The molecule has 0 radical (unpaired) electrons. The van der Waals surface area contributed by atoms with Crippen LogP contribution in [0, 0.1) is 10.8 Å². The van der Waals surface area contributed by atoms with Gasteiger partial charge in [-0.15, -0.1) is 12.4 Å². The van der Waals surface area contributed by atoms with Crippen molar-refractivity contribution < 1.29 is 97.5 Å². The second-order valence-corrected chi connectivity index (χ2v) is 26.0. The highest BCUT2D eigenvalue weighted by atomic mass is 35.5. The zero-order chi connectivity index (χ0) is 64.1. The van der Waals surface area contributed by atoms with Crippen LogP contribution in [0.3, 0.4) is 0 Å². The molecule has 0 aliphatic rings. The first-order valence-electron chi connectivity index (χ1n) is 26.2. The molecule has 2 rings (SSSR count). The van der Waals surface area contributed by atoms with Gasteiger partial charge in [0.15, 0.2) is 18.3 Å². The Bertz CT molecular complexity index is 2560. The number of thioether (sulfide) groups is 2. The van der Waals surface area contributed by atoms with E-state index in [0.717, 1.165) is 89.8 Å². The second kappa shape index (κ2) is 31.3. The summed E-state index contributed by atoms with van der Waals surface area (Å²) >= 11 is -0.839. The number of carbonyl (C=O) groups is 8. The number of amides is 3. The van der Waals surface area contributed by atoms with E-state index in [9.17, 15) is 69.8 Å². The smallest absolute Gasteiger partial charge is 0.446 e. The lowest BCUT2D eigenvalue weighted by molar-refractivity contribution is -0.175. The molecule has 8 atom stereocenters. The fraction of sp³-hybridized carbons (Fsp3) is 0.643. The Balaban J connectivity index is 0.0000353. The van der Waals surface area contributed by atoms with Gasteiger partial charge in [-0.05, 0) is 131 Å². The fourth-order valence-corrected chi connectivity index (χ4v) is 9.38. The van der Waals surface area contributed by atoms with E-state index in [0.29, 0.717) is 11.3 Å². The summed E-state index contributed by atoms with van der Waals surface area (Å²) < 4.78 is 132. The van der Waals surface area contributed by atoms with Crippen LogP contribution in [0.2, 0.25) is 0 Å². The lowest BCUT2D eigenvalue weighted by Crippen LogP contribution is -2.54. The molecule has 0 fully saturated rings. The first-order chi connectivity index (χ1) is 37.6. The molecular formula is C56H79ClF8N4O13S2. The number of carbonyl (C=O) groups excluding carboxylic acids is 7. The predicted molar refractivity (Wildman–Crippen MR) is 300 cm³/mol. The number of benzene rings is 2. The van der Waals surface area contributed by atoms with Gasteiger partial charge in [0.1, 0.15) is 35.5 Å². The number of aliphatic carboxylic acids is 1. The van der Waals surface area contributed by atoms with Crippen LogP contribution in [0.15, 0.2) is 58.3 Å². The Labute approximate surface area is 500 Å². The molecule has 476 valence electrons. The fourth-order valence-electron chi connectivity index (χ4n) is 8.30. The summed E-state index contributed by atoms with van der Waals surface area (Å²) in [7, 11) is 4.79. The third-order valence-corrected chi connectivity index (χ3v) is 13.9. The molecule has 0 aliphatic carbocycles. The van der Waals surface area contributed by atoms with Crippen LogP contribution in [-0.4, -0.2) is 167 Å². The van der Waals surface area contributed by atoms with Gasteiger partial charge in [-0.25, -0.2) is 28.0 Å². The molecule has 84 heavy (non-hydrogen) atoms. The Morgan fingerprint density at radius 1 is 0.488 bits per heavy atom. The molecule has 3 amide bonds. The maximum absolute atomic E-state index is 15.6. The van der Waals surface area contributed by atoms with Crippen molar-refractivity contribution in [2.24, 2.45) is 10.8 Å². The van der Waals surface area contributed by atoms with E-state index >= 15 is 8.78 Å². The molecule has 8 unspecified atom stereocenters. The van der Waals surface area contributed by atoms with E-state index in [4.69, 9.17) is 18.9 Å². The number of esters is 4. The number of halogens is 9. The SMILES string of the molecule is CNC(CC(C)(C)C)C(=O)OC(C)C(=O)N(C)C(CC(C)(C)F)C(=O)OC(Cc1ccc(SC(F)(F)F)cc1)C(=O)N(C)C(CC(C)(C)C)C(=O)OC(C)C(=O)N(C)C(CC(C)(C)F)C(=O)OC(Cc1ccc(SC(F)(F)F)cc1)C(=O)O.Cl. The van der Waals surface area contributed by atoms with Crippen LogP contribution in [0.4, 0.5) is 35.1 Å². The second-order valence-electron chi connectivity index (χ2n) is 23.8. The Morgan fingerprint density at radius 3 is 1.12 bits per heavy atom. The van der Waals surface area contributed by atoms with Crippen molar-refractivity contribution >= 4 is 83.5 Å². The molecule has 0 spiro atoms. The van der Waals surface area contributed by atoms with Crippen LogP contribution in [0.1, 0.15) is 120 Å². The largest absolute Gasteiger partial charge is 0.478 e. The lowest BCUT2D eigenvalue weighted by atomic mass is 9.87. The van der Waals surface area contributed by atoms with Crippen molar-refractivity contribution in [3.8, 4) is 0 Å². The molecule has 28 heteroatoms. The first kappa shape index (κ1) is 76.6. The number of rotatable bonds is 28. The third kappa shape index (κ3) is 27.3. The molecule has 0 saturated carbocycles. The number of ether oxygens (including phenoxy) is 4. The quantitative estimate of drug-likeness (QED) is 0.0351. The summed E-state index contributed by atoms with van der Waals surface area (Å²) in [6, 6.07) is 2.98. The highest BCUT2D eigenvalue weighted by molar-refractivity contribution is 8.00. The van der Waals surface area contributed by atoms with Gasteiger partial charge in [0.2, 0.25) is 6.10 Å². The van der Waals surface area contributed by atoms with E-state index in [1.165, 1.54) is 38.2 Å². The van der Waals surface area contributed by atoms with Gasteiger partial charge in [0, 0.05) is 56.6 Å².